The lowest BCUT2D eigenvalue weighted by atomic mass is 9.94. The molecule has 148 valence electrons. The number of carbonyl (C=O) groups is 3. The van der Waals surface area contributed by atoms with Crippen LogP contribution in [0.4, 0.5) is 10.5 Å². The van der Waals surface area contributed by atoms with Gasteiger partial charge in [0, 0.05) is 38.8 Å². The molecule has 0 bridgehead atoms. The maximum absolute atomic E-state index is 12.9. The highest BCUT2D eigenvalue weighted by Gasteiger charge is 2.33. The molecule has 2 N–H and O–H groups in total. The fourth-order valence-electron chi connectivity index (χ4n) is 3.25. The standard InChI is InChI=1S/C20H30N4O3/c1-14(2)17(22-20(27)21-16-8-6-5-7-9-16)19(26)24-12-10-15(11-13-24)18(25)23(3)4/h5-9,14-15,17H,10-13H2,1-4H3,(H2,21,22,27). The zero-order valence-corrected chi connectivity index (χ0v) is 16.6. The minimum atomic E-state index is -0.602. The number of amides is 4. The highest BCUT2D eigenvalue weighted by Crippen LogP contribution is 2.20. The van der Waals surface area contributed by atoms with Gasteiger partial charge in [0.1, 0.15) is 6.04 Å². The lowest BCUT2D eigenvalue weighted by Gasteiger charge is -2.35. The van der Waals surface area contributed by atoms with E-state index in [1.54, 1.807) is 36.0 Å². The minimum Gasteiger partial charge on any atom is -0.349 e. The fraction of sp³-hybridized carbons (Fsp3) is 0.550. The van der Waals surface area contributed by atoms with E-state index in [1.165, 1.54) is 0 Å². The number of piperidine rings is 1. The van der Waals surface area contributed by atoms with Crippen LogP contribution in [0, 0.1) is 11.8 Å². The molecule has 1 aliphatic heterocycles. The summed E-state index contributed by atoms with van der Waals surface area (Å²) in [6, 6.07) is 8.12. The first kappa shape index (κ1) is 20.7. The molecule has 1 saturated heterocycles. The Morgan fingerprint density at radius 3 is 2.19 bits per heavy atom. The maximum Gasteiger partial charge on any atom is 0.319 e. The summed E-state index contributed by atoms with van der Waals surface area (Å²) in [7, 11) is 3.51. The van der Waals surface area contributed by atoms with Crippen molar-refractivity contribution in [3.8, 4) is 0 Å². The first-order valence-electron chi connectivity index (χ1n) is 9.42. The highest BCUT2D eigenvalue weighted by atomic mass is 16.2. The number of para-hydroxylation sites is 1. The van der Waals surface area contributed by atoms with E-state index in [4.69, 9.17) is 0 Å². The molecule has 1 atom stereocenters. The smallest absolute Gasteiger partial charge is 0.319 e. The number of carbonyl (C=O) groups excluding carboxylic acids is 3. The lowest BCUT2D eigenvalue weighted by Crippen LogP contribution is -2.54. The van der Waals surface area contributed by atoms with Crippen LogP contribution in [0.5, 0.6) is 0 Å². The summed E-state index contributed by atoms with van der Waals surface area (Å²) in [6.07, 6.45) is 1.31. The van der Waals surface area contributed by atoms with E-state index >= 15 is 0 Å². The summed E-state index contributed by atoms with van der Waals surface area (Å²) in [6.45, 7) is 4.89. The van der Waals surface area contributed by atoms with Crippen molar-refractivity contribution in [2.75, 3.05) is 32.5 Å². The first-order valence-corrected chi connectivity index (χ1v) is 9.42. The van der Waals surface area contributed by atoms with Gasteiger partial charge >= 0.3 is 6.03 Å². The van der Waals surface area contributed by atoms with Crippen LogP contribution in [-0.4, -0.2) is 60.9 Å². The Labute approximate surface area is 161 Å². The second kappa shape index (κ2) is 9.39. The molecule has 0 saturated carbocycles. The van der Waals surface area contributed by atoms with E-state index in [0.29, 0.717) is 31.6 Å². The summed E-state index contributed by atoms with van der Waals surface area (Å²) in [5.74, 6) is -0.0529. The molecule has 7 heteroatoms. The molecule has 4 amide bonds. The van der Waals surface area contributed by atoms with Crippen LogP contribution in [0.15, 0.2) is 30.3 Å². The predicted molar refractivity (Wildman–Crippen MR) is 105 cm³/mol. The molecular weight excluding hydrogens is 344 g/mol. The molecule has 1 fully saturated rings. The van der Waals surface area contributed by atoms with Gasteiger partial charge in [-0.05, 0) is 30.9 Å². The second-order valence-electron chi connectivity index (χ2n) is 7.52. The largest absolute Gasteiger partial charge is 0.349 e. The van der Waals surface area contributed by atoms with Gasteiger partial charge in [-0.2, -0.15) is 0 Å². The fourth-order valence-corrected chi connectivity index (χ4v) is 3.25. The highest BCUT2D eigenvalue weighted by molar-refractivity contribution is 5.94. The third-order valence-corrected chi connectivity index (χ3v) is 4.85. The Morgan fingerprint density at radius 1 is 1.07 bits per heavy atom. The molecule has 7 nitrogen and oxygen atoms in total. The molecule has 27 heavy (non-hydrogen) atoms. The van der Waals surface area contributed by atoms with E-state index < -0.39 is 12.1 Å². The van der Waals surface area contributed by atoms with Crippen LogP contribution in [-0.2, 0) is 9.59 Å². The van der Waals surface area contributed by atoms with Gasteiger partial charge in [0.2, 0.25) is 11.8 Å². The number of urea groups is 1. The third kappa shape index (κ3) is 5.70. The van der Waals surface area contributed by atoms with Gasteiger partial charge in [0.25, 0.3) is 0 Å². The van der Waals surface area contributed by atoms with Gasteiger partial charge in [-0.1, -0.05) is 32.0 Å². The van der Waals surface area contributed by atoms with Crippen LogP contribution in [0.25, 0.3) is 0 Å². The predicted octanol–water partition coefficient (Wildman–Crippen LogP) is 2.16. The Balaban J connectivity index is 1.93. The van der Waals surface area contributed by atoms with Crippen molar-refractivity contribution in [3.63, 3.8) is 0 Å². The average molecular weight is 374 g/mol. The van der Waals surface area contributed by atoms with Crippen molar-refractivity contribution in [2.45, 2.75) is 32.7 Å². The molecule has 0 radical (unpaired) electrons. The van der Waals surface area contributed by atoms with E-state index in [2.05, 4.69) is 10.6 Å². The van der Waals surface area contributed by atoms with E-state index in [0.717, 1.165) is 0 Å². The Kier molecular flexibility index (Phi) is 7.21. The van der Waals surface area contributed by atoms with Crippen molar-refractivity contribution in [1.29, 1.82) is 0 Å². The van der Waals surface area contributed by atoms with E-state index in [-0.39, 0.29) is 23.7 Å². The molecule has 0 spiro atoms. The zero-order valence-electron chi connectivity index (χ0n) is 16.6. The maximum atomic E-state index is 12.9. The second-order valence-corrected chi connectivity index (χ2v) is 7.52. The molecule has 1 heterocycles. The molecule has 2 rings (SSSR count). The normalized spacial score (nSPS) is 16.0. The first-order chi connectivity index (χ1) is 12.8. The summed E-state index contributed by atoms with van der Waals surface area (Å²) in [4.78, 5) is 40.7. The Bertz CT molecular complexity index is 652. The van der Waals surface area contributed by atoms with Gasteiger partial charge in [-0.3, -0.25) is 9.59 Å². The van der Waals surface area contributed by atoms with Gasteiger partial charge < -0.3 is 20.4 Å². The summed E-state index contributed by atoms with van der Waals surface area (Å²) in [5, 5.41) is 5.55. The molecule has 0 aromatic heterocycles. The number of hydrogen-bond donors (Lipinski definition) is 2. The monoisotopic (exact) mass is 374 g/mol. The number of nitrogens with zero attached hydrogens (tertiary/aromatic N) is 2. The van der Waals surface area contributed by atoms with Gasteiger partial charge in [0.05, 0.1) is 0 Å². The summed E-state index contributed by atoms with van der Waals surface area (Å²) >= 11 is 0. The molecule has 0 aliphatic carbocycles. The molecule has 1 aliphatic rings. The third-order valence-electron chi connectivity index (χ3n) is 4.85. The van der Waals surface area contributed by atoms with Crippen molar-refractivity contribution >= 4 is 23.5 Å². The number of hydrogen-bond acceptors (Lipinski definition) is 3. The van der Waals surface area contributed by atoms with Crippen LogP contribution >= 0.6 is 0 Å². The van der Waals surface area contributed by atoms with E-state index in [1.807, 2.05) is 32.0 Å². The Hall–Kier alpha value is -2.57. The van der Waals surface area contributed by atoms with Gasteiger partial charge in [0.15, 0.2) is 0 Å². The lowest BCUT2D eigenvalue weighted by molar-refractivity contribution is -0.140. The summed E-state index contributed by atoms with van der Waals surface area (Å²) < 4.78 is 0. The summed E-state index contributed by atoms with van der Waals surface area (Å²) in [5.41, 5.74) is 0.674. The number of likely N-dealkylation sites (tertiary alicyclic amines) is 1. The number of rotatable bonds is 5. The Morgan fingerprint density at radius 2 is 1.67 bits per heavy atom. The van der Waals surface area contributed by atoms with E-state index in [9.17, 15) is 14.4 Å². The van der Waals surface area contributed by atoms with Crippen LogP contribution in [0.1, 0.15) is 26.7 Å². The van der Waals surface area contributed by atoms with Crippen molar-refractivity contribution in [2.24, 2.45) is 11.8 Å². The number of anilines is 1. The average Bonchev–Trinajstić information content (AvgIpc) is 2.65. The van der Waals surface area contributed by atoms with Crippen LogP contribution in [0.3, 0.4) is 0 Å². The van der Waals surface area contributed by atoms with Crippen LogP contribution in [0.2, 0.25) is 0 Å². The van der Waals surface area contributed by atoms with Crippen molar-refractivity contribution < 1.29 is 14.4 Å². The molecule has 1 aromatic carbocycles. The molecule has 1 unspecified atom stereocenters. The number of benzene rings is 1. The zero-order chi connectivity index (χ0) is 20.0. The SMILES string of the molecule is CC(C)C(NC(=O)Nc1ccccc1)C(=O)N1CCC(C(=O)N(C)C)CC1. The quantitative estimate of drug-likeness (QED) is 0.829. The minimum absolute atomic E-state index is 0.0316. The molecule has 1 aromatic rings. The molecular formula is C20H30N4O3. The van der Waals surface area contributed by atoms with Gasteiger partial charge in [-0.25, -0.2) is 4.79 Å². The topological polar surface area (TPSA) is 81.8 Å². The van der Waals surface area contributed by atoms with Crippen molar-refractivity contribution in [3.05, 3.63) is 30.3 Å². The van der Waals surface area contributed by atoms with Crippen molar-refractivity contribution in [1.82, 2.24) is 15.1 Å². The number of nitrogens with one attached hydrogen (secondary N) is 2. The van der Waals surface area contributed by atoms with Gasteiger partial charge in [-0.15, -0.1) is 0 Å². The van der Waals surface area contributed by atoms with Crippen LogP contribution < -0.4 is 10.6 Å².